The van der Waals surface area contributed by atoms with Crippen LogP contribution in [0.4, 0.5) is 11.4 Å². The molecule has 0 aliphatic carbocycles. The number of anilines is 1. The summed E-state index contributed by atoms with van der Waals surface area (Å²) in [5.41, 5.74) is 1.16. The van der Waals surface area contributed by atoms with Crippen LogP contribution in [0, 0.1) is 17.0 Å². The first kappa shape index (κ1) is 28.6. The summed E-state index contributed by atoms with van der Waals surface area (Å²) >= 11 is 0. The van der Waals surface area contributed by atoms with E-state index in [1.54, 1.807) is 12.1 Å². The molecule has 11 nitrogen and oxygen atoms in total. The Morgan fingerprint density at radius 1 is 0.829 bits per heavy atom. The van der Waals surface area contributed by atoms with Crippen LogP contribution in [-0.2, 0) is 14.9 Å². The molecule has 0 unspecified atom stereocenters. The molecule has 4 rings (SSSR count). The number of aryl methyl sites for hydroxylation is 1. The number of carbonyl (C=O) groups excluding carboxylic acids is 3. The van der Waals surface area contributed by atoms with Crippen molar-refractivity contribution in [2.75, 3.05) is 11.9 Å². The summed E-state index contributed by atoms with van der Waals surface area (Å²) in [5.74, 6) is -1.98. The Bertz CT molecular complexity index is 1730. The standard InChI is InChI=1S/C29H22N2O9S/c1-19-8-14-26(15-9-19)41(37,38)40-25-12-10-20(11-13-25)27(32)18-39-29(34)22-5-2-6-23(16-22)30-28(33)21-4-3-7-24(17-21)31(35)36/h2-17H,18H2,1H3,(H,30,33). The van der Waals surface area contributed by atoms with Crippen LogP contribution < -0.4 is 9.50 Å². The number of nitro groups is 1. The van der Waals surface area contributed by atoms with Crippen LogP contribution in [0.3, 0.4) is 0 Å². The molecular formula is C29H22N2O9S. The summed E-state index contributed by atoms with van der Waals surface area (Å²) in [6.07, 6.45) is 0. The lowest BCUT2D eigenvalue weighted by molar-refractivity contribution is -0.384. The van der Waals surface area contributed by atoms with E-state index >= 15 is 0 Å². The second kappa shape index (κ2) is 12.2. The molecule has 0 atom stereocenters. The third-order valence-corrected chi connectivity index (χ3v) is 6.96. The van der Waals surface area contributed by atoms with Gasteiger partial charge < -0.3 is 14.2 Å². The van der Waals surface area contributed by atoms with Crippen LogP contribution >= 0.6 is 0 Å². The third kappa shape index (κ3) is 7.40. The molecule has 4 aromatic carbocycles. The smallest absolute Gasteiger partial charge is 0.339 e. The van der Waals surface area contributed by atoms with Gasteiger partial charge in [0.25, 0.3) is 11.6 Å². The molecule has 1 amide bonds. The zero-order valence-corrected chi connectivity index (χ0v) is 22.3. The van der Waals surface area contributed by atoms with Gasteiger partial charge in [0.15, 0.2) is 12.4 Å². The Morgan fingerprint density at radius 2 is 1.49 bits per heavy atom. The number of nitrogens with one attached hydrogen (secondary N) is 1. The van der Waals surface area contributed by atoms with Crippen molar-refractivity contribution in [3.63, 3.8) is 0 Å². The highest BCUT2D eigenvalue weighted by molar-refractivity contribution is 7.87. The number of non-ortho nitro benzene ring substituents is 1. The number of Topliss-reactive ketones (excluding diaryl/α,β-unsaturated/α-hetero) is 1. The minimum Gasteiger partial charge on any atom is -0.454 e. The molecule has 0 aromatic heterocycles. The van der Waals surface area contributed by atoms with Crippen molar-refractivity contribution in [1.29, 1.82) is 0 Å². The van der Waals surface area contributed by atoms with Gasteiger partial charge in [-0.1, -0.05) is 29.8 Å². The molecule has 1 N–H and O–H groups in total. The topological polar surface area (TPSA) is 159 Å². The third-order valence-electron chi connectivity index (χ3n) is 5.70. The van der Waals surface area contributed by atoms with Crippen molar-refractivity contribution in [3.05, 3.63) is 129 Å². The zero-order valence-electron chi connectivity index (χ0n) is 21.5. The highest BCUT2D eigenvalue weighted by atomic mass is 32.2. The van der Waals surface area contributed by atoms with E-state index in [1.807, 2.05) is 6.92 Å². The predicted molar refractivity (Wildman–Crippen MR) is 148 cm³/mol. The molecule has 12 heteroatoms. The van der Waals surface area contributed by atoms with Crippen molar-refractivity contribution in [3.8, 4) is 5.75 Å². The van der Waals surface area contributed by atoms with E-state index in [1.165, 1.54) is 78.9 Å². The largest absolute Gasteiger partial charge is 0.454 e. The fourth-order valence-electron chi connectivity index (χ4n) is 3.56. The number of hydrogen-bond acceptors (Lipinski definition) is 9. The average Bonchev–Trinajstić information content (AvgIpc) is 2.96. The molecule has 0 saturated heterocycles. The second-order valence-corrected chi connectivity index (χ2v) is 10.3. The summed E-state index contributed by atoms with van der Waals surface area (Å²) < 4.78 is 35.1. The van der Waals surface area contributed by atoms with Gasteiger partial charge in [-0.25, -0.2) is 4.79 Å². The molecule has 0 radical (unpaired) electrons. The van der Waals surface area contributed by atoms with Crippen molar-refractivity contribution >= 4 is 39.2 Å². The highest BCUT2D eigenvalue weighted by Crippen LogP contribution is 2.21. The number of esters is 1. The van der Waals surface area contributed by atoms with Crippen molar-refractivity contribution < 1.29 is 36.6 Å². The minimum atomic E-state index is -4.06. The van der Waals surface area contributed by atoms with Crippen molar-refractivity contribution in [2.24, 2.45) is 0 Å². The number of ketones is 1. The lowest BCUT2D eigenvalue weighted by Gasteiger charge is -2.09. The first-order valence-corrected chi connectivity index (χ1v) is 13.4. The maximum atomic E-state index is 12.5. The number of carbonyl (C=O) groups is 3. The molecule has 0 aliphatic rings. The Kier molecular flexibility index (Phi) is 8.54. The van der Waals surface area contributed by atoms with Crippen LogP contribution in [0.1, 0.15) is 36.6 Å². The van der Waals surface area contributed by atoms with E-state index in [4.69, 9.17) is 8.92 Å². The van der Waals surface area contributed by atoms with E-state index in [9.17, 15) is 32.9 Å². The maximum Gasteiger partial charge on any atom is 0.339 e. The number of nitro benzene ring substituents is 1. The Balaban J connectivity index is 1.34. The number of benzene rings is 4. The van der Waals surface area contributed by atoms with Crippen LogP contribution in [0.15, 0.2) is 102 Å². The van der Waals surface area contributed by atoms with Gasteiger partial charge in [0.05, 0.1) is 10.5 Å². The molecule has 4 aromatic rings. The number of rotatable bonds is 10. The zero-order chi connectivity index (χ0) is 29.6. The Labute approximate surface area is 234 Å². The van der Waals surface area contributed by atoms with Crippen molar-refractivity contribution in [1.82, 2.24) is 0 Å². The first-order valence-electron chi connectivity index (χ1n) is 12.0. The lowest BCUT2D eigenvalue weighted by Crippen LogP contribution is -2.15. The van der Waals surface area contributed by atoms with E-state index in [0.29, 0.717) is 0 Å². The molecule has 0 fully saturated rings. The van der Waals surface area contributed by atoms with Crippen LogP contribution in [0.5, 0.6) is 5.75 Å². The second-order valence-electron chi connectivity index (χ2n) is 8.72. The van der Waals surface area contributed by atoms with Gasteiger partial charge in [0.2, 0.25) is 0 Å². The van der Waals surface area contributed by atoms with E-state index < -0.39 is 39.3 Å². The van der Waals surface area contributed by atoms with E-state index in [2.05, 4.69) is 5.32 Å². The number of nitrogens with zero attached hydrogens (tertiary/aromatic N) is 1. The summed E-state index contributed by atoms with van der Waals surface area (Å²) in [5, 5.41) is 13.5. The molecular weight excluding hydrogens is 552 g/mol. The van der Waals surface area contributed by atoms with Gasteiger partial charge in [-0.3, -0.25) is 19.7 Å². The molecule has 0 spiro atoms. The van der Waals surface area contributed by atoms with E-state index in [-0.39, 0.29) is 38.7 Å². The summed E-state index contributed by atoms with van der Waals surface area (Å²) in [7, 11) is -4.06. The summed E-state index contributed by atoms with van der Waals surface area (Å²) in [6.45, 7) is 1.23. The van der Waals surface area contributed by atoms with Gasteiger partial charge in [-0.2, -0.15) is 8.42 Å². The molecule has 0 heterocycles. The number of amides is 1. The molecule has 0 saturated carbocycles. The Morgan fingerprint density at radius 3 is 2.17 bits per heavy atom. The average molecular weight is 575 g/mol. The highest BCUT2D eigenvalue weighted by Gasteiger charge is 2.18. The molecule has 208 valence electrons. The summed E-state index contributed by atoms with van der Waals surface area (Å²) in [6, 6.07) is 22.4. The van der Waals surface area contributed by atoms with Gasteiger partial charge >= 0.3 is 16.1 Å². The fourth-order valence-corrected chi connectivity index (χ4v) is 4.49. The molecule has 0 bridgehead atoms. The maximum absolute atomic E-state index is 12.5. The van der Waals surface area contributed by atoms with Crippen LogP contribution in [0.25, 0.3) is 0 Å². The van der Waals surface area contributed by atoms with Crippen molar-refractivity contribution in [2.45, 2.75) is 11.8 Å². The van der Waals surface area contributed by atoms with Crippen LogP contribution in [-0.4, -0.2) is 37.6 Å². The first-order chi connectivity index (χ1) is 19.5. The minimum absolute atomic E-state index is 0.00286. The fraction of sp³-hybridized carbons (Fsp3) is 0.0690. The summed E-state index contributed by atoms with van der Waals surface area (Å²) in [4.78, 5) is 47.9. The van der Waals surface area contributed by atoms with E-state index in [0.717, 1.165) is 11.6 Å². The molecule has 41 heavy (non-hydrogen) atoms. The van der Waals surface area contributed by atoms with Gasteiger partial charge in [-0.05, 0) is 67.6 Å². The normalized spacial score (nSPS) is 10.9. The monoisotopic (exact) mass is 574 g/mol. The predicted octanol–water partition coefficient (Wildman–Crippen LogP) is 4.96. The lowest BCUT2D eigenvalue weighted by atomic mass is 10.1. The van der Waals surface area contributed by atoms with Crippen LogP contribution in [0.2, 0.25) is 0 Å². The number of ether oxygens (including phenoxy) is 1. The molecule has 0 aliphatic heterocycles. The van der Waals surface area contributed by atoms with Gasteiger partial charge in [0, 0.05) is 28.9 Å². The number of hydrogen-bond donors (Lipinski definition) is 1. The SMILES string of the molecule is Cc1ccc(S(=O)(=O)Oc2ccc(C(=O)COC(=O)c3cccc(NC(=O)c4cccc([N+](=O)[O-])c4)c3)cc2)cc1. The Hall–Kier alpha value is -5.36. The quantitative estimate of drug-likeness (QED) is 0.0908. The van der Waals surface area contributed by atoms with Gasteiger partial charge in [0.1, 0.15) is 10.6 Å². The van der Waals surface area contributed by atoms with Gasteiger partial charge in [-0.15, -0.1) is 0 Å².